The lowest BCUT2D eigenvalue weighted by atomic mass is 10.1. The molecule has 2 aromatic heterocycles. The Bertz CT molecular complexity index is 1520. The van der Waals surface area contributed by atoms with E-state index in [1.807, 2.05) is 0 Å². The van der Waals surface area contributed by atoms with Crippen LogP contribution in [0.2, 0.25) is 5.02 Å². The van der Waals surface area contributed by atoms with Gasteiger partial charge in [-0.25, -0.2) is 17.8 Å². The van der Waals surface area contributed by atoms with E-state index in [1.54, 1.807) is 18.3 Å². The summed E-state index contributed by atoms with van der Waals surface area (Å²) in [5.74, 6) is 0.102. The number of benzene rings is 1. The molecule has 0 aliphatic carbocycles. The van der Waals surface area contributed by atoms with Crippen molar-refractivity contribution in [1.82, 2.24) is 24.5 Å². The Balaban J connectivity index is 1.31. The van der Waals surface area contributed by atoms with Gasteiger partial charge >= 0.3 is 0 Å². The topological polar surface area (TPSA) is 129 Å². The van der Waals surface area contributed by atoms with Crippen molar-refractivity contribution in [3.05, 3.63) is 59.1 Å². The van der Waals surface area contributed by atoms with Gasteiger partial charge in [-0.05, 0) is 30.3 Å². The number of nitrogens with zero attached hydrogens (tertiary/aromatic N) is 4. The highest BCUT2D eigenvalue weighted by Crippen LogP contribution is 2.40. The number of anilines is 3. The number of carbonyl (C=O) groups is 1. The van der Waals surface area contributed by atoms with E-state index in [4.69, 9.17) is 16.3 Å². The van der Waals surface area contributed by atoms with Gasteiger partial charge < -0.3 is 20.7 Å². The predicted octanol–water partition coefficient (Wildman–Crippen LogP) is 2.79. The van der Waals surface area contributed by atoms with Gasteiger partial charge in [-0.2, -0.15) is 4.31 Å². The SMILES string of the molecule is CS(=O)(=O)N1CCN(CCNC(=O)c2cnccc2Nc2cc(-c3cc(Cl)ccc3F)nc3c2OCCN3)CC1. The van der Waals surface area contributed by atoms with E-state index in [9.17, 15) is 17.6 Å². The third-order valence-electron chi connectivity index (χ3n) is 6.67. The Labute approximate surface area is 236 Å². The van der Waals surface area contributed by atoms with Crippen molar-refractivity contribution in [2.45, 2.75) is 0 Å². The van der Waals surface area contributed by atoms with Gasteiger partial charge in [-0.1, -0.05) is 11.6 Å². The first-order chi connectivity index (χ1) is 19.2. The molecular formula is C26H29ClFN7O4S. The summed E-state index contributed by atoms with van der Waals surface area (Å²) < 4.78 is 45.4. The number of sulfonamides is 1. The van der Waals surface area contributed by atoms with Crippen LogP contribution in [0.1, 0.15) is 10.4 Å². The van der Waals surface area contributed by atoms with Crippen LogP contribution in [0.25, 0.3) is 11.3 Å². The lowest BCUT2D eigenvalue weighted by molar-refractivity contribution is 0.0945. The van der Waals surface area contributed by atoms with Crippen LogP contribution in [0.3, 0.4) is 0 Å². The summed E-state index contributed by atoms with van der Waals surface area (Å²) in [5, 5.41) is 9.72. The Kier molecular flexibility index (Phi) is 8.35. The summed E-state index contributed by atoms with van der Waals surface area (Å²) in [7, 11) is -3.20. The van der Waals surface area contributed by atoms with Gasteiger partial charge in [-0.15, -0.1) is 0 Å². The molecule has 1 aromatic carbocycles. The number of hydrogen-bond donors (Lipinski definition) is 3. The zero-order chi connectivity index (χ0) is 28.3. The number of carbonyl (C=O) groups excluding carboxylic acids is 1. The third kappa shape index (κ3) is 6.44. The van der Waals surface area contributed by atoms with Gasteiger partial charge in [0, 0.05) is 62.2 Å². The second-order valence-corrected chi connectivity index (χ2v) is 11.9. The number of fused-ring (bicyclic) bond motifs is 1. The van der Waals surface area contributed by atoms with Crippen LogP contribution >= 0.6 is 11.6 Å². The molecule has 0 atom stereocenters. The lowest BCUT2D eigenvalue weighted by Crippen LogP contribution is -2.49. The summed E-state index contributed by atoms with van der Waals surface area (Å²) in [6, 6.07) is 7.58. The zero-order valence-corrected chi connectivity index (χ0v) is 23.4. The maximum Gasteiger partial charge on any atom is 0.255 e. The molecule has 4 heterocycles. The average molecular weight is 590 g/mol. The standard InChI is InChI=1S/C26H29ClFN7O4S/c1-40(37,38)35-11-9-34(10-12-35)8-6-31-26(36)19-16-29-5-4-21(19)32-23-15-22(18-14-17(27)2-3-20(18)28)33-25-24(23)39-13-7-30-25/h2-5,14-16H,6-13H2,1H3,(H,31,36)(H2,29,30,32,33). The summed E-state index contributed by atoms with van der Waals surface area (Å²) in [5.41, 5.74) is 1.87. The second kappa shape index (κ2) is 11.9. The molecule has 0 radical (unpaired) electrons. The van der Waals surface area contributed by atoms with Gasteiger partial charge in [-0.3, -0.25) is 14.7 Å². The maximum absolute atomic E-state index is 14.7. The Morgan fingerprint density at radius 2 is 1.98 bits per heavy atom. The zero-order valence-electron chi connectivity index (χ0n) is 21.8. The molecule has 0 bridgehead atoms. The highest BCUT2D eigenvalue weighted by molar-refractivity contribution is 7.88. The molecule has 11 nitrogen and oxygen atoms in total. The first-order valence-electron chi connectivity index (χ1n) is 12.7. The fourth-order valence-corrected chi connectivity index (χ4v) is 5.58. The van der Waals surface area contributed by atoms with Gasteiger partial charge in [0.2, 0.25) is 10.0 Å². The molecule has 3 aromatic rings. The largest absolute Gasteiger partial charge is 0.486 e. The number of nitrogens with one attached hydrogen (secondary N) is 3. The third-order valence-corrected chi connectivity index (χ3v) is 8.21. The molecule has 3 N–H and O–H groups in total. The summed E-state index contributed by atoms with van der Waals surface area (Å²) in [6.45, 7) is 3.96. The van der Waals surface area contributed by atoms with Crippen molar-refractivity contribution in [2.75, 3.05) is 69.3 Å². The number of amides is 1. The summed E-state index contributed by atoms with van der Waals surface area (Å²) >= 11 is 6.12. The van der Waals surface area contributed by atoms with Gasteiger partial charge in [0.25, 0.3) is 5.91 Å². The van der Waals surface area contributed by atoms with Crippen molar-refractivity contribution >= 4 is 44.7 Å². The highest BCUT2D eigenvalue weighted by atomic mass is 35.5. The normalized spacial score (nSPS) is 16.0. The van der Waals surface area contributed by atoms with Crippen molar-refractivity contribution in [2.24, 2.45) is 0 Å². The summed E-state index contributed by atoms with van der Waals surface area (Å²) in [6.07, 6.45) is 4.24. The Morgan fingerprint density at radius 1 is 1.18 bits per heavy atom. The average Bonchev–Trinajstić information content (AvgIpc) is 2.94. The number of rotatable bonds is 8. The van der Waals surface area contributed by atoms with Crippen molar-refractivity contribution in [3.8, 4) is 17.0 Å². The quantitative estimate of drug-likeness (QED) is 0.363. The van der Waals surface area contributed by atoms with Crippen LogP contribution in [0, 0.1) is 5.82 Å². The minimum absolute atomic E-state index is 0.232. The first kappa shape index (κ1) is 28.0. The first-order valence-corrected chi connectivity index (χ1v) is 15.0. The molecule has 14 heteroatoms. The maximum atomic E-state index is 14.7. The van der Waals surface area contributed by atoms with Gasteiger partial charge in [0.05, 0.1) is 35.4 Å². The minimum atomic E-state index is -3.20. The molecule has 1 amide bonds. The Hall–Kier alpha value is -3.52. The van der Waals surface area contributed by atoms with Crippen molar-refractivity contribution in [3.63, 3.8) is 0 Å². The Morgan fingerprint density at radius 3 is 2.75 bits per heavy atom. The van der Waals surface area contributed by atoms with E-state index >= 15 is 0 Å². The van der Waals surface area contributed by atoms with Crippen molar-refractivity contribution < 1.29 is 22.3 Å². The van der Waals surface area contributed by atoms with Gasteiger partial charge in [0.15, 0.2) is 11.6 Å². The van der Waals surface area contributed by atoms with Crippen LogP contribution in [0.15, 0.2) is 42.7 Å². The van der Waals surface area contributed by atoms with Crippen LogP contribution in [0.4, 0.5) is 21.6 Å². The molecular weight excluding hydrogens is 561 g/mol. The van der Waals surface area contributed by atoms with Crippen LogP contribution in [-0.2, 0) is 10.0 Å². The van der Waals surface area contributed by atoms with E-state index in [1.165, 1.54) is 35.0 Å². The molecule has 2 aliphatic heterocycles. The number of halogens is 2. The number of pyridine rings is 2. The van der Waals surface area contributed by atoms with E-state index in [-0.39, 0.29) is 11.5 Å². The second-order valence-electron chi connectivity index (χ2n) is 9.44. The smallest absolute Gasteiger partial charge is 0.255 e. The minimum Gasteiger partial charge on any atom is -0.486 e. The van der Waals surface area contributed by atoms with Crippen LogP contribution in [-0.4, -0.2) is 92.2 Å². The van der Waals surface area contributed by atoms with E-state index in [0.717, 1.165) is 0 Å². The fraction of sp³-hybridized carbons (Fsp3) is 0.346. The van der Waals surface area contributed by atoms with Crippen LogP contribution < -0.4 is 20.7 Å². The van der Waals surface area contributed by atoms with Crippen LogP contribution in [0.5, 0.6) is 5.75 Å². The van der Waals surface area contributed by atoms with Crippen molar-refractivity contribution in [1.29, 1.82) is 0 Å². The predicted molar refractivity (Wildman–Crippen MR) is 151 cm³/mol. The van der Waals surface area contributed by atoms with E-state index < -0.39 is 15.8 Å². The molecule has 1 fully saturated rings. The summed E-state index contributed by atoms with van der Waals surface area (Å²) in [4.78, 5) is 23.9. The van der Waals surface area contributed by atoms with Gasteiger partial charge in [0.1, 0.15) is 12.4 Å². The molecule has 0 spiro atoms. The number of aromatic nitrogens is 2. The molecule has 0 saturated carbocycles. The monoisotopic (exact) mass is 589 g/mol. The molecule has 2 aliphatic rings. The lowest BCUT2D eigenvalue weighted by Gasteiger charge is -2.33. The molecule has 212 valence electrons. The highest BCUT2D eigenvalue weighted by Gasteiger charge is 2.24. The number of piperazine rings is 1. The molecule has 5 rings (SSSR count). The molecule has 0 unspecified atom stereocenters. The molecule has 1 saturated heterocycles. The fourth-order valence-electron chi connectivity index (χ4n) is 4.58. The van der Waals surface area contributed by atoms with E-state index in [2.05, 4.69) is 30.8 Å². The molecule has 40 heavy (non-hydrogen) atoms. The number of ether oxygens (including phenoxy) is 1. The van der Waals surface area contributed by atoms with E-state index in [0.29, 0.717) is 91.6 Å². The number of hydrogen-bond acceptors (Lipinski definition) is 9.